The topological polar surface area (TPSA) is 78.6 Å². The van der Waals surface area contributed by atoms with Gasteiger partial charge in [-0.15, -0.1) is 0 Å². The smallest absolute Gasteiger partial charge is 0.322 e. The Morgan fingerprint density at radius 1 is 1.33 bits per heavy atom. The molecule has 4 rings (SSSR count). The van der Waals surface area contributed by atoms with E-state index in [2.05, 4.69) is 22.4 Å². The van der Waals surface area contributed by atoms with Gasteiger partial charge in [0.1, 0.15) is 5.52 Å². The third kappa shape index (κ3) is 3.53. The van der Waals surface area contributed by atoms with Gasteiger partial charge in [-0.2, -0.15) is 0 Å². The van der Waals surface area contributed by atoms with Crippen molar-refractivity contribution in [1.29, 1.82) is 0 Å². The van der Waals surface area contributed by atoms with E-state index < -0.39 is 0 Å². The number of amides is 2. The predicted octanol–water partition coefficient (Wildman–Crippen LogP) is 4.04. The van der Waals surface area contributed by atoms with E-state index in [0.29, 0.717) is 17.2 Å². The zero-order valence-electron chi connectivity index (χ0n) is 15.3. The standard InChI is InChI=1S/C21H23N3O3/c1-14-22-18-10-9-16(13-20(18)27-14)23-21(26)24(11-12-25)19-8-4-6-15-5-2-3-7-17(15)19/h2-3,5,7,9-10,13,19,25H,4,6,8,11-12H2,1H3,(H,23,26)/t19-/m1/s1. The van der Waals surface area contributed by atoms with Crippen LogP contribution in [-0.4, -0.2) is 34.2 Å². The van der Waals surface area contributed by atoms with Gasteiger partial charge in [0, 0.05) is 25.2 Å². The van der Waals surface area contributed by atoms with E-state index in [9.17, 15) is 9.90 Å². The summed E-state index contributed by atoms with van der Waals surface area (Å²) < 4.78 is 5.54. The van der Waals surface area contributed by atoms with Crippen LogP contribution >= 0.6 is 0 Å². The van der Waals surface area contributed by atoms with Crippen LogP contribution in [0.4, 0.5) is 10.5 Å². The minimum Gasteiger partial charge on any atom is -0.441 e. The number of aliphatic hydroxyl groups is 1. The van der Waals surface area contributed by atoms with Crippen molar-refractivity contribution in [2.75, 3.05) is 18.5 Å². The molecule has 0 radical (unpaired) electrons. The summed E-state index contributed by atoms with van der Waals surface area (Å²) in [4.78, 5) is 19.0. The third-order valence-electron chi connectivity index (χ3n) is 5.06. The SMILES string of the molecule is Cc1nc2ccc(NC(=O)N(CCO)[C@@H]3CCCc4ccccc43)cc2o1. The second kappa shape index (κ2) is 7.40. The molecular formula is C21H23N3O3. The average molecular weight is 365 g/mol. The molecule has 0 saturated carbocycles. The fourth-order valence-corrected chi connectivity index (χ4v) is 3.87. The number of carbonyl (C=O) groups is 1. The second-order valence-electron chi connectivity index (χ2n) is 6.87. The number of fused-ring (bicyclic) bond motifs is 2. The van der Waals surface area contributed by atoms with Crippen molar-refractivity contribution in [1.82, 2.24) is 9.88 Å². The van der Waals surface area contributed by atoms with Crippen molar-refractivity contribution in [2.45, 2.75) is 32.2 Å². The lowest BCUT2D eigenvalue weighted by molar-refractivity contribution is 0.155. The first-order chi connectivity index (χ1) is 13.2. The van der Waals surface area contributed by atoms with Gasteiger partial charge in [0.2, 0.25) is 0 Å². The van der Waals surface area contributed by atoms with Gasteiger partial charge in [0.25, 0.3) is 0 Å². The van der Waals surface area contributed by atoms with Gasteiger partial charge < -0.3 is 19.7 Å². The number of urea groups is 1. The summed E-state index contributed by atoms with van der Waals surface area (Å²) >= 11 is 0. The van der Waals surface area contributed by atoms with Crippen molar-refractivity contribution in [2.24, 2.45) is 0 Å². The Labute approximate surface area is 157 Å². The molecule has 6 nitrogen and oxygen atoms in total. The minimum absolute atomic E-state index is 0.0293. The number of anilines is 1. The van der Waals surface area contributed by atoms with Crippen LogP contribution in [0.1, 0.15) is 35.9 Å². The molecule has 140 valence electrons. The number of aryl methyl sites for hydroxylation is 2. The summed E-state index contributed by atoms with van der Waals surface area (Å²) in [6.07, 6.45) is 2.95. The van der Waals surface area contributed by atoms with E-state index >= 15 is 0 Å². The van der Waals surface area contributed by atoms with Gasteiger partial charge in [-0.05, 0) is 42.5 Å². The van der Waals surface area contributed by atoms with Crippen LogP contribution in [0.3, 0.4) is 0 Å². The highest BCUT2D eigenvalue weighted by Crippen LogP contribution is 2.34. The molecule has 1 aliphatic rings. The van der Waals surface area contributed by atoms with Gasteiger partial charge in [-0.3, -0.25) is 0 Å². The maximum absolute atomic E-state index is 13.0. The number of rotatable bonds is 4. The lowest BCUT2D eigenvalue weighted by Gasteiger charge is -2.35. The maximum Gasteiger partial charge on any atom is 0.322 e. The van der Waals surface area contributed by atoms with Crippen LogP contribution in [0.25, 0.3) is 11.1 Å². The maximum atomic E-state index is 13.0. The number of benzene rings is 2. The molecule has 0 saturated heterocycles. The first-order valence-electron chi connectivity index (χ1n) is 9.29. The second-order valence-corrected chi connectivity index (χ2v) is 6.87. The molecule has 2 amide bonds. The first-order valence-corrected chi connectivity index (χ1v) is 9.29. The quantitative estimate of drug-likeness (QED) is 0.731. The van der Waals surface area contributed by atoms with Crippen molar-refractivity contribution in [3.63, 3.8) is 0 Å². The summed E-state index contributed by atoms with van der Waals surface area (Å²) in [7, 11) is 0. The molecule has 3 aromatic rings. The number of aliphatic hydroxyl groups excluding tert-OH is 1. The van der Waals surface area contributed by atoms with Gasteiger partial charge in [0.15, 0.2) is 11.5 Å². The van der Waals surface area contributed by atoms with Gasteiger partial charge in [-0.1, -0.05) is 24.3 Å². The fraction of sp³-hybridized carbons (Fsp3) is 0.333. The Morgan fingerprint density at radius 3 is 3.04 bits per heavy atom. The Hall–Kier alpha value is -2.86. The molecule has 1 heterocycles. The number of nitrogens with one attached hydrogen (secondary N) is 1. The number of hydrogen-bond acceptors (Lipinski definition) is 4. The van der Waals surface area contributed by atoms with Crippen LogP contribution in [0.2, 0.25) is 0 Å². The lowest BCUT2D eigenvalue weighted by atomic mass is 9.87. The highest BCUT2D eigenvalue weighted by Gasteiger charge is 2.29. The van der Waals surface area contributed by atoms with Gasteiger partial charge >= 0.3 is 6.03 Å². The molecule has 0 unspecified atom stereocenters. The van der Waals surface area contributed by atoms with E-state index in [1.807, 2.05) is 24.3 Å². The molecular weight excluding hydrogens is 342 g/mol. The third-order valence-corrected chi connectivity index (χ3v) is 5.06. The Morgan fingerprint density at radius 2 is 2.19 bits per heavy atom. The number of hydrogen-bond donors (Lipinski definition) is 2. The van der Waals surface area contributed by atoms with E-state index in [-0.39, 0.29) is 25.2 Å². The fourth-order valence-electron chi connectivity index (χ4n) is 3.87. The van der Waals surface area contributed by atoms with E-state index in [1.165, 1.54) is 11.1 Å². The zero-order valence-corrected chi connectivity index (χ0v) is 15.3. The van der Waals surface area contributed by atoms with Crippen LogP contribution in [0, 0.1) is 6.92 Å². The normalized spacial score (nSPS) is 16.1. The molecule has 0 spiro atoms. The molecule has 0 aliphatic heterocycles. The highest BCUT2D eigenvalue weighted by molar-refractivity contribution is 5.92. The number of carbonyl (C=O) groups excluding carboxylic acids is 1. The molecule has 0 bridgehead atoms. The Balaban J connectivity index is 1.59. The van der Waals surface area contributed by atoms with Gasteiger partial charge in [-0.25, -0.2) is 9.78 Å². The van der Waals surface area contributed by atoms with Crippen molar-refractivity contribution in [3.8, 4) is 0 Å². The number of aromatic nitrogens is 1. The lowest BCUT2D eigenvalue weighted by Crippen LogP contribution is -2.41. The van der Waals surface area contributed by atoms with Crippen molar-refractivity contribution in [3.05, 3.63) is 59.5 Å². The number of oxazole rings is 1. The molecule has 2 N–H and O–H groups in total. The number of nitrogens with zero attached hydrogens (tertiary/aromatic N) is 2. The molecule has 27 heavy (non-hydrogen) atoms. The summed E-state index contributed by atoms with van der Waals surface area (Å²) in [5, 5.41) is 12.5. The van der Waals surface area contributed by atoms with E-state index in [1.54, 1.807) is 17.9 Å². The van der Waals surface area contributed by atoms with Crippen molar-refractivity contribution < 1.29 is 14.3 Å². The highest BCUT2D eigenvalue weighted by atomic mass is 16.3. The predicted molar refractivity (Wildman–Crippen MR) is 104 cm³/mol. The monoisotopic (exact) mass is 365 g/mol. The first kappa shape index (κ1) is 17.5. The Bertz CT molecular complexity index is 966. The summed E-state index contributed by atoms with van der Waals surface area (Å²) in [6.45, 7) is 2.00. The molecule has 2 aromatic carbocycles. The summed E-state index contributed by atoms with van der Waals surface area (Å²) in [5.74, 6) is 0.592. The van der Waals surface area contributed by atoms with E-state index in [4.69, 9.17) is 4.42 Å². The molecule has 1 aromatic heterocycles. The van der Waals surface area contributed by atoms with Gasteiger partial charge in [0.05, 0.1) is 12.6 Å². The van der Waals surface area contributed by atoms with Crippen LogP contribution in [-0.2, 0) is 6.42 Å². The summed E-state index contributed by atoms with van der Waals surface area (Å²) in [5.41, 5.74) is 4.51. The van der Waals surface area contributed by atoms with Crippen LogP contribution < -0.4 is 5.32 Å². The minimum atomic E-state index is -0.221. The van der Waals surface area contributed by atoms with Crippen LogP contribution in [0.5, 0.6) is 0 Å². The Kier molecular flexibility index (Phi) is 4.81. The van der Waals surface area contributed by atoms with Crippen LogP contribution in [0.15, 0.2) is 46.9 Å². The zero-order chi connectivity index (χ0) is 18.8. The summed E-state index contributed by atoms with van der Waals surface area (Å²) in [6, 6.07) is 13.4. The molecule has 1 atom stereocenters. The molecule has 6 heteroatoms. The largest absolute Gasteiger partial charge is 0.441 e. The van der Waals surface area contributed by atoms with E-state index in [0.717, 1.165) is 24.8 Å². The molecule has 1 aliphatic carbocycles. The average Bonchev–Trinajstić information content (AvgIpc) is 3.05. The van der Waals surface area contributed by atoms with Crippen molar-refractivity contribution >= 4 is 22.8 Å². The molecule has 0 fully saturated rings.